The normalized spacial score (nSPS) is 12.3. The van der Waals surface area contributed by atoms with Crippen molar-refractivity contribution in [2.75, 3.05) is 11.9 Å². The largest absolute Gasteiger partial charge is 0.491 e. The first-order valence-corrected chi connectivity index (χ1v) is 7.63. The Morgan fingerprint density at radius 2 is 2.11 bits per heavy atom. The van der Waals surface area contributed by atoms with Gasteiger partial charge in [0.05, 0.1) is 16.8 Å². The zero-order valence-electron chi connectivity index (χ0n) is 11.2. The van der Waals surface area contributed by atoms with Crippen molar-refractivity contribution in [1.82, 2.24) is 0 Å². The predicted octanol–water partition coefficient (Wildman–Crippen LogP) is 5.49. The number of anilines is 1. The second kappa shape index (κ2) is 7.90. The second-order valence-corrected chi connectivity index (χ2v) is 5.68. The first-order valence-electron chi connectivity index (χ1n) is 6.46. The molecule has 4 heteroatoms. The Bertz CT molecular complexity index is 384. The molecular formula is C14H21BrClNO. The highest BCUT2D eigenvalue weighted by Gasteiger charge is 2.12. The van der Waals surface area contributed by atoms with Gasteiger partial charge in [0.25, 0.3) is 0 Å². The number of halogens is 2. The molecule has 2 nitrogen and oxygen atoms in total. The highest BCUT2D eigenvalue weighted by molar-refractivity contribution is 9.10. The Morgan fingerprint density at radius 3 is 2.72 bits per heavy atom. The average Bonchev–Trinajstić information content (AvgIpc) is 2.31. The summed E-state index contributed by atoms with van der Waals surface area (Å²) in [5.41, 5.74) is 0.958. The van der Waals surface area contributed by atoms with Crippen LogP contribution in [0.3, 0.4) is 0 Å². The number of nitrogens with one attached hydrogen (secondary N) is 1. The number of rotatable bonds is 7. The average molecular weight is 335 g/mol. The van der Waals surface area contributed by atoms with Crippen molar-refractivity contribution in [1.29, 1.82) is 0 Å². The van der Waals surface area contributed by atoms with Crippen LogP contribution < -0.4 is 10.1 Å². The maximum absolute atomic E-state index is 6.08. The maximum atomic E-state index is 6.08. The lowest BCUT2D eigenvalue weighted by Crippen LogP contribution is -2.15. The summed E-state index contributed by atoms with van der Waals surface area (Å²) in [6.45, 7) is 7.00. The zero-order valence-corrected chi connectivity index (χ0v) is 13.6. The molecule has 18 heavy (non-hydrogen) atoms. The molecule has 0 bridgehead atoms. The highest BCUT2D eigenvalue weighted by atomic mass is 79.9. The fraction of sp³-hybridized carbons (Fsp3) is 0.571. The molecule has 1 rings (SSSR count). The first-order chi connectivity index (χ1) is 8.58. The molecule has 1 aromatic carbocycles. The quantitative estimate of drug-likeness (QED) is 0.711. The lowest BCUT2D eigenvalue weighted by Gasteiger charge is -2.19. The summed E-state index contributed by atoms with van der Waals surface area (Å²) >= 11 is 9.58. The Hall–Kier alpha value is -0.410. The minimum Gasteiger partial charge on any atom is -0.491 e. The van der Waals surface area contributed by atoms with Crippen molar-refractivity contribution in [2.24, 2.45) is 0 Å². The van der Waals surface area contributed by atoms with Gasteiger partial charge in [0.2, 0.25) is 0 Å². The van der Waals surface area contributed by atoms with E-state index in [0.717, 1.165) is 22.3 Å². The van der Waals surface area contributed by atoms with Crippen molar-refractivity contribution >= 4 is 33.2 Å². The van der Waals surface area contributed by atoms with Gasteiger partial charge in [-0.1, -0.05) is 31.4 Å². The number of ether oxygens (including phenoxy) is 1. The molecule has 102 valence electrons. The fourth-order valence-electron chi connectivity index (χ4n) is 1.81. The number of unbranched alkanes of at least 4 members (excludes halogenated alkanes) is 1. The van der Waals surface area contributed by atoms with Crippen LogP contribution in [0.1, 0.15) is 40.0 Å². The van der Waals surface area contributed by atoms with Crippen molar-refractivity contribution in [3.63, 3.8) is 0 Å². The van der Waals surface area contributed by atoms with E-state index in [9.17, 15) is 0 Å². The van der Waals surface area contributed by atoms with Gasteiger partial charge in [0.1, 0.15) is 0 Å². The lowest BCUT2D eigenvalue weighted by atomic mass is 10.1. The lowest BCUT2D eigenvalue weighted by molar-refractivity contribution is 0.339. The standard InChI is InChI=1S/C14H21BrClNO/c1-4-6-7-10(3)17-13-9-11(16)8-12(15)14(13)18-5-2/h8-10,17H,4-7H2,1-3H3. The highest BCUT2D eigenvalue weighted by Crippen LogP contribution is 2.37. The van der Waals surface area contributed by atoms with Crippen LogP contribution in [0.15, 0.2) is 16.6 Å². The van der Waals surface area contributed by atoms with E-state index < -0.39 is 0 Å². The predicted molar refractivity (Wildman–Crippen MR) is 82.9 cm³/mol. The van der Waals surface area contributed by atoms with Crippen molar-refractivity contribution in [3.05, 3.63) is 21.6 Å². The van der Waals surface area contributed by atoms with Gasteiger partial charge in [0, 0.05) is 11.1 Å². The van der Waals surface area contributed by atoms with E-state index in [1.54, 1.807) is 0 Å². The van der Waals surface area contributed by atoms with Gasteiger partial charge in [-0.05, 0) is 48.3 Å². The minimum absolute atomic E-state index is 0.412. The van der Waals surface area contributed by atoms with Crippen LogP contribution in [-0.2, 0) is 0 Å². The van der Waals surface area contributed by atoms with Crippen LogP contribution in [0.25, 0.3) is 0 Å². The third kappa shape index (κ3) is 4.69. The SMILES string of the molecule is CCCCC(C)Nc1cc(Cl)cc(Br)c1OCC. The van der Waals surface area contributed by atoms with E-state index in [0.29, 0.717) is 17.7 Å². The van der Waals surface area contributed by atoms with E-state index in [-0.39, 0.29) is 0 Å². The van der Waals surface area contributed by atoms with E-state index >= 15 is 0 Å². The molecule has 0 aliphatic rings. The van der Waals surface area contributed by atoms with E-state index in [1.165, 1.54) is 12.8 Å². The summed E-state index contributed by atoms with van der Waals surface area (Å²) in [4.78, 5) is 0. The first kappa shape index (κ1) is 15.6. The van der Waals surface area contributed by atoms with Crippen LogP contribution >= 0.6 is 27.5 Å². The Morgan fingerprint density at radius 1 is 1.39 bits per heavy atom. The molecule has 0 heterocycles. The van der Waals surface area contributed by atoms with Gasteiger partial charge < -0.3 is 10.1 Å². The van der Waals surface area contributed by atoms with Gasteiger partial charge in [-0.2, -0.15) is 0 Å². The summed E-state index contributed by atoms with van der Waals surface area (Å²) in [5, 5.41) is 4.18. The smallest absolute Gasteiger partial charge is 0.156 e. The fourth-order valence-corrected chi connectivity index (χ4v) is 2.73. The topological polar surface area (TPSA) is 21.3 Å². The summed E-state index contributed by atoms with van der Waals surface area (Å²) in [6.07, 6.45) is 3.58. The number of hydrogen-bond acceptors (Lipinski definition) is 2. The monoisotopic (exact) mass is 333 g/mol. The maximum Gasteiger partial charge on any atom is 0.156 e. The molecule has 0 aliphatic heterocycles. The molecule has 0 aliphatic carbocycles. The molecule has 1 N–H and O–H groups in total. The molecule has 1 atom stereocenters. The van der Waals surface area contributed by atoms with Gasteiger partial charge in [-0.3, -0.25) is 0 Å². The molecule has 0 amide bonds. The molecule has 0 aromatic heterocycles. The number of hydrogen-bond donors (Lipinski definition) is 1. The second-order valence-electron chi connectivity index (χ2n) is 4.38. The molecule has 0 spiro atoms. The van der Waals surface area contributed by atoms with Gasteiger partial charge in [-0.25, -0.2) is 0 Å². The summed E-state index contributed by atoms with van der Waals surface area (Å²) in [6, 6.07) is 4.18. The molecule has 1 unspecified atom stereocenters. The Labute approximate surface area is 123 Å². The van der Waals surface area contributed by atoms with E-state index in [2.05, 4.69) is 35.1 Å². The van der Waals surface area contributed by atoms with Crippen LogP contribution in [0.4, 0.5) is 5.69 Å². The Kier molecular flexibility index (Phi) is 6.87. The summed E-state index contributed by atoms with van der Waals surface area (Å²) in [5.74, 6) is 0.838. The van der Waals surface area contributed by atoms with Crippen LogP contribution in [0.5, 0.6) is 5.75 Å². The van der Waals surface area contributed by atoms with Crippen LogP contribution in [0, 0.1) is 0 Å². The van der Waals surface area contributed by atoms with Crippen molar-refractivity contribution < 1.29 is 4.74 Å². The number of benzene rings is 1. The van der Waals surface area contributed by atoms with Gasteiger partial charge >= 0.3 is 0 Å². The van der Waals surface area contributed by atoms with Crippen LogP contribution in [-0.4, -0.2) is 12.6 Å². The van der Waals surface area contributed by atoms with Gasteiger partial charge in [-0.15, -0.1) is 0 Å². The van der Waals surface area contributed by atoms with E-state index in [1.807, 2.05) is 19.1 Å². The van der Waals surface area contributed by atoms with Crippen LogP contribution in [0.2, 0.25) is 5.02 Å². The van der Waals surface area contributed by atoms with E-state index in [4.69, 9.17) is 16.3 Å². The summed E-state index contributed by atoms with van der Waals surface area (Å²) < 4.78 is 6.55. The molecule has 0 saturated heterocycles. The molecule has 0 radical (unpaired) electrons. The minimum atomic E-state index is 0.412. The molecule has 0 saturated carbocycles. The van der Waals surface area contributed by atoms with Gasteiger partial charge in [0.15, 0.2) is 5.75 Å². The molecular weight excluding hydrogens is 314 g/mol. The third-order valence-electron chi connectivity index (χ3n) is 2.69. The summed E-state index contributed by atoms with van der Waals surface area (Å²) in [7, 11) is 0. The van der Waals surface area contributed by atoms with Crippen molar-refractivity contribution in [2.45, 2.75) is 46.1 Å². The molecule has 1 aromatic rings. The molecule has 0 fully saturated rings. The van der Waals surface area contributed by atoms with Crippen molar-refractivity contribution in [3.8, 4) is 5.75 Å². The zero-order chi connectivity index (χ0) is 13.5. The third-order valence-corrected chi connectivity index (χ3v) is 3.50. The Balaban J connectivity index is 2.85.